The molecule has 104 valence electrons. The summed E-state index contributed by atoms with van der Waals surface area (Å²) in [7, 11) is -1.95. The molecule has 5 nitrogen and oxygen atoms in total. The highest BCUT2D eigenvalue weighted by molar-refractivity contribution is 7.91. The third-order valence-electron chi connectivity index (χ3n) is 2.59. The van der Waals surface area contributed by atoms with Gasteiger partial charge in [0, 0.05) is 19.7 Å². The highest BCUT2D eigenvalue weighted by Crippen LogP contribution is 2.25. The Kier molecular flexibility index (Phi) is 5.74. The fourth-order valence-electron chi connectivity index (χ4n) is 1.73. The van der Waals surface area contributed by atoms with Crippen molar-refractivity contribution in [2.75, 3.05) is 20.3 Å². The van der Waals surface area contributed by atoms with Crippen LogP contribution in [0, 0.1) is 0 Å². The van der Waals surface area contributed by atoms with Crippen molar-refractivity contribution in [3.05, 3.63) is 17.0 Å². The lowest BCUT2D eigenvalue weighted by Gasteiger charge is -2.25. The molecule has 0 aliphatic carbocycles. The summed E-state index contributed by atoms with van der Waals surface area (Å²) >= 11 is 1.13. The molecule has 1 N–H and O–H groups in total. The van der Waals surface area contributed by atoms with Gasteiger partial charge >= 0.3 is 0 Å². The first-order valence-electron chi connectivity index (χ1n) is 5.66. The zero-order valence-electron chi connectivity index (χ0n) is 10.8. The van der Waals surface area contributed by atoms with Gasteiger partial charge in [-0.25, -0.2) is 8.42 Å². The lowest BCUT2D eigenvalue weighted by molar-refractivity contribution is 0.143. The number of hydrogen-bond acceptors (Lipinski definition) is 5. The van der Waals surface area contributed by atoms with Crippen molar-refractivity contribution in [3.8, 4) is 0 Å². The van der Waals surface area contributed by atoms with Gasteiger partial charge in [0.25, 0.3) is 10.0 Å². The normalized spacial score (nSPS) is 14.1. The third kappa shape index (κ3) is 3.30. The van der Waals surface area contributed by atoms with E-state index in [0.717, 1.165) is 11.3 Å². The maximum absolute atomic E-state index is 12.4. The van der Waals surface area contributed by atoms with Crippen LogP contribution in [0.5, 0.6) is 0 Å². The molecule has 0 saturated carbocycles. The molecule has 0 bridgehead atoms. The van der Waals surface area contributed by atoms with Gasteiger partial charge in [0.1, 0.15) is 4.21 Å². The van der Waals surface area contributed by atoms with Crippen LogP contribution in [-0.2, 0) is 21.4 Å². The molecule has 1 aromatic heterocycles. The Hall–Kier alpha value is -0.470. The molecule has 18 heavy (non-hydrogen) atoms. The number of nitrogens with zero attached hydrogens (tertiary/aromatic N) is 1. The van der Waals surface area contributed by atoms with Crippen LogP contribution in [0.15, 0.2) is 15.7 Å². The van der Waals surface area contributed by atoms with Gasteiger partial charge in [-0.05, 0) is 23.9 Å². The molecule has 1 atom stereocenters. The summed E-state index contributed by atoms with van der Waals surface area (Å²) in [5.74, 6) is 0. The van der Waals surface area contributed by atoms with Crippen molar-refractivity contribution in [2.45, 2.75) is 30.7 Å². The summed E-state index contributed by atoms with van der Waals surface area (Å²) in [5.41, 5.74) is 0.619. The fourth-order valence-corrected chi connectivity index (χ4v) is 4.68. The molecular formula is C11H19NO4S2. The Labute approximate surface area is 112 Å². The van der Waals surface area contributed by atoms with E-state index in [1.165, 1.54) is 10.4 Å². The Morgan fingerprint density at radius 1 is 1.56 bits per heavy atom. The van der Waals surface area contributed by atoms with Crippen LogP contribution in [0.4, 0.5) is 0 Å². The number of aliphatic hydroxyl groups is 1. The van der Waals surface area contributed by atoms with E-state index in [1.807, 2.05) is 6.92 Å². The fraction of sp³-hybridized carbons (Fsp3) is 0.636. The minimum Gasteiger partial charge on any atom is -0.392 e. The standard InChI is InChI=1S/C11H19NO4S2/c1-4-12(9(2)7-16-3)18(14,15)11-5-10(6-13)8-17-11/h5,8-9,13H,4,6-7H2,1-3H3. The SMILES string of the molecule is CCN(C(C)COC)S(=O)(=O)c1cc(CO)cs1. The van der Waals surface area contributed by atoms with Crippen LogP contribution in [0.25, 0.3) is 0 Å². The summed E-state index contributed by atoms with van der Waals surface area (Å²) in [5, 5.41) is 10.6. The molecule has 0 aliphatic rings. The molecule has 7 heteroatoms. The smallest absolute Gasteiger partial charge is 0.252 e. The number of methoxy groups -OCH3 is 1. The van der Waals surface area contributed by atoms with E-state index in [-0.39, 0.29) is 16.9 Å². The molecule has 0 saturated heterocycles. The molecule has 0 spiro atoms. The monoisotopic (exact) mass is 293 g/mol. The molecule has 1 aromatic rings. The number of aliphatic hydroxyl groups excluding tert-OH is 1. The average Bonchev–Trinajstić information content (AvgIpc) is 2.79. The minimum absolute atomic E-state index is 0.147. The van der Waals surface area contributed by atoms with Gasteiger partial charge in [-0.15, -0.1) is 11.3 Å². The second-order valence-corrected chi connectivity index (χ2v) is 6.97. The van der Waals surface area contributed by atoms with E-state index in [4.69, 9.17) is 9.84 Å². The molecule has 0 amide bonds. The lowest BCUT2D eigenvalue weighted by Crippen LogP contribution is -2.40. The van der Waals surface area contributed by atoms with Crippen molar-refractivity contribution in [1.29, 1.82) is 0 Å². The van der Waals surface area contributed by atoms with Crippen molar-refractivity contribution in [3.63, 3.8) is 0 Å². The third-order valence-corrected chi connectivity index (χ3v) is 6.14. The van der Waals surface area contributed by atoms with Gasteiger partial charge in [0.05, 0.1) is 13.2 Å². The minimum atomic E-state index is -3.50. The Morgan fingerprint density at radius 2 is 2.22 bits per heavy atom. The predicted molar refractivity (Wildman–Crippen MR) is 71.1 cm³/mol. The zero-order valence-corrected chi connectivity index (χ0v) is 12.4. The van der Waals surface area contributed by atoms with Crippen molar-refractivity contribution in [2.24, 2.45) is 0 Å². The second-order valence-electron chi connectivity index (χ2n) is 3.94. The number of ether oxygens (including phenoxy) is 1. The summed E-state index contributed by atoms with van der Waals surface area (Å²) in [4.78, 5) is 0. The van der Waals surface area contributed by atoms with Gasteiger partial charge in [-0.2, -0.15) is 4.31 Å². The van der Waals surface area contributed by atoms with Crippen LogP contribution in [-0.4, -0.2) is 44.1 Å². The molecule has 1 rings (SSSR count). The van der Waals surface area contributed by atoms with Crippen LogP contribution >= 0.6 is 11.3 Å². The van der Waals surface area contributed by atoms with Gasteiger partial charge in [-0.1, -0.05) is 6.92 Å². The molecule has 1 heterocycles. The number of likely N-dealkylation sites (N-methyl/N-ethyl adjacent to an activating group) is 1. The quantitative estimate of drug-likeness (QED) is 0.822. The van der Waals surface area contributed by atoms with Crippen LogP contribution in [0.2, 0.25) is 0 Å². The van der Waals surface area contributed by atoms with E-state index in [2.05, 4.69) is 0 Å². The topological polar surface area (TPSA) is 66.8 Å². The van der Waals surface area contributed by atoms with Crippen LogP contribution < -0.4 is 0 Å². The molecule has 0 radical (unpaired) electrons. The summed E-state index contributed by atoms with van der Waals surface area (Å²) in [6, 6.07) is 1.30. The van der Waals surface area contributed by atoms with Crippen LogP contribution in [0.1, 0.15) is 19.4 Å². The Morgan fingerprint density at radius 3 is 2.67 bits per heavy atom. The van der Waals surface area contributed by atoms with Gasteiger partial charge in [-0.3, -0.25) is 0 Å². The van der Waals surface area contributed by atoms with E-state index >= 15 is 0 Å². The zero-order chi connectivity index (χ0) is 13.8. The molecule has 0 aliphatic heterocycles. The highest BCUT2D eigenvalue weighted by atomic mass is 32.2. The first-order chi connectivity index (χ1) is 8.47. The Balaban J connectivity index is 3.02. The van der Waals surface area contributed by atoms with Crippen molar-refractivity contribution in [1.82, 2.24) is 4.31 Å². The average molecular weight is 293 g/mol. The molecular weight excluding hydrogens is 274 g/mol. The van der Waals surface area contributed by atoms with Crippen molar-refractivity contribution >= 4 is 21.4 Å². The molecule has 0 fully saturated rings. The number of rotatable bonds is 7. The predicted octanol–water partition coefficient (Wildman–Crippen LogP) is 1.29. The van der Waals surface area contributed by atoms with Crippen LogP contribution in [0.3, 0.4) is 0 Å². The molecule has 1 unspecified atom stereocenters. The number of thiophene rings is 1. The summed E-state index contributed by atoms with van der Waals surface area (Å²) in [6.07, 6.45) is 0. The van der Waals surface area contributed by atoms with Gasteiger partial charge in [0.2, 0.25) is 0 Å². The number of hydrogen-bond donors (Lipinski definition) is 1. The lowest BCUT2D eigenvalue weighted by atomic mass is 10.4. The maximum Gasteiger partial charge on any atom is 0.252 e. The summed E-state index contributed by atoms with van der Waals surface area (Å²) in [6.45, 7) is 4.20. The largest absolute Gasteiger partial charge is 0.392 e. The highest BCUT2D eigenvalue weighted by Gasteiger charge is 2.28. The van der Waals surface area contributed by atoms with Gasteiger partial charge < -0.3 is 9.84 Å². The van der Waals surface area contributed by atoms with E-state index in [9.17, 15) is 8.42 Å². The van der Waals surface area contributed by atoms with E-state index in [0.29, 0.717) is 18.7 Å². The molecule has 0 aromatic carbocycles. The van der Waals surface area contributed by atoms with E-state index < -0.39 is 10.0 Å². The Bertz CT molecular complexity index is 469. The maximum atomic E-state index is 12.4. The van der Waals surface area contributed by atoms with Crippen molar-refractivity contribution < 1.29 is 18.3 Å². The summed E-state index contributed by atoms with van der Waals surface area (Å²) < 4.78 is 31.5. The second kappa shape index (κ2) is 6.63. The first-order valence-corrected chi connectivity index (χ1v) is 7.98. The van der Waals surface area contributed by atoms with Gasteiger partial charge in [0.15, 0.2) is 0 Å². The first kappa shape index (κ1) is 15.6. The number of sulfonamides is 1. The van der Waals surface area contributed by atoms with E-state index in [1.54, 1.807) is 19.4 Å².